The first kappa shape index (κ1) is 27.1. The Morgan fingerprint density at radius 1 is 0.362 bits per heavy atom. The van der Waals surface area contributed by atoms with Crippen molar-refractivity contribution >= 4 is 32.6 Å². The number of fused-ring (bicyclic) bond motifs is 5. The molecule has 2 nitrogen and oxygen atoms in total. The molecule has 0 aliphatic heterocycles. The van der Waals surface area contributed by atoms with Crippen LogP contribution in [0.5, 0.6) is 0 Å². The predicted molar refractivity (Wildman–Crippen MR) is 198 cm³/mol. The van der Waals surface area contributed by atoms with Gasteiger partial charge >= 0.3 is 0 Å². The molecular weight excluding hydrogens is 569 g/mol. The maximum atomic E-state index is 4.29. The molecule has 0 spiro atoms. The van der Waals surface area contributed by atoms with Crippen molar-refractivity contribution in [1.29, 1.82) is 0 Å². The first-order chi connectivity index (χ1) is 23.3. The van der Waals surface area contributed by atoms with Gasteiger partial charge in [0.2, 0.25) is 0 Å². The van der Waals surface area contributed by atoms with E-state index in [0.717, 1.165) is 11.3 Å². The number of aromatic nitrogens is 2. The van der Waals surface area contributed by atoms with E-state index in [1.807, 2.05) is 18.5 Å². The van der Waals surface area contributed by atoms with Crippen LogP contribution in [0.3, 0.4) is 0 Å². The van der Waals surface area contributed by atoms with Crippen LogP contribution in [-0.2, 0) is 0 Å². The van der Waals surface area contributed by atoms with Crippen molar-refractivity contribution in [1.82, 2.24) is 9.55 Å². The van der Waals surface area contributed by atoms with Gasteiger partial charge in [-0.2, -0.15) is 0 Å². The molecule has 0 saturated heterocycles. The minimum absolute atomic E-state index is 1.12. The Kier molecular flexibility index (Phi) is 6.50. The predicted octanol–water partition coefficient (Wildman–Crippen LogP) is 12.0. The summed E-state index contributed by atoms with van der Waals surface area (Å²) >= 11 is 0. The maximum absolute atomic E-state index is 4.29. The lowest BCUT2D eigenvalue weighted by atomic mass is 9.96. The summed E-state index contributed by atoms with van der Waals surface area (Å²) in [5.41, 5.74) is 13.2. The Bertz CT molecular complexity index is 2530. The van der Waals surface area contributed by atoms with Crippen molar-refractivity contribution in [3.8, 4) is 50.2 Å². The molecule has 0 atom stereocenters. The molecule has 47 heavy (non-hydrogen) atoms. The largest absolute Gasteiger partial charge is 0.309 e. The van der Waals surface area contributed by atoms with Gasteiger partial charge in [-0.05, 0) is 86.3 Å². The first-order valence-electron chi connectivity index (χ1n) is 16.0. The summed E-state index contributed by atoms with van der Waals surface area (Å²) in [5.74, 6) is 0. The SMILES string of the molecule is c1ccc(-c2cccc(-c3ccc4c(ccc5c6ccc(-c7ccc(-c8cccnc8)cc7)cc6n(-c6ccccc6)c45)c3)c2)cc1. The summed E-state index contributed by atoms with van der Waals surface area (Å²) in [6, 6.07) is 61.4. The fraction of sp³-hybridized carbons (Fsp3) is 0. The second-order valence-corrected chi connectivity index (χ2v) is 12.1. The van der Waals surface area contributed by atoms with Crippen LogP contribution in [-0.4, -0.2) is 9.55 Å². The maximum Gasteiger partial charge on any atom is 0.0619 e. The van der Waals surface area contributed by atoms with Crippen LogP contribution in [0, 0.1) is 0 Å². The van der Waals surface area contributed by atoms with Gasteiger partial charge in [0.1, 0.15) is 0 Å². The molecule has 0 saturated carbocycles. The summed E-state index contributed by atoms with van der Waals surface area (Å²) in [6.45, 7) is 0. The van der Waals surface area contributed by atoms with Crippen LogP contribution in [0.15, 0.2) is 182 Å². The Hall–Kier alpha value is -6.25. The van der Waals surface area contributed by atoms with E-state index in [4.69, 9.17) is 0 Å². The summed E-state index contributed by atoms with van der Waals surface area (Å²) < 4.78 is 2.44. The molecule has 0 aliphatic rings. The van der Waals surface area contributed by atoms with Crippen LogP contribution in [0.2, 0.25) is 0 Å². The molecule has 2 heteroatoms. The minimum atomic E-state index is 1.12. The second kappa shape index (κ2) is 11.3. The highest BCUT2D eigenvalue weighted by molar-refractivity contribution is 6.19. The monoisotopic (exact) mass is 598 g/mol. The second-order valence-electron chi connectivity index (χ2n) is 12.1. The van der Waals surface area contributed by atoms with Crippen LogP contribution < -0.4 is 0 Å². The highest BCUT2D eigenvalue weighted by Crippen LogP contribution is 2.40. The molecule has 0 aliphatic carbocycles. The van der Waals surface area contributed by atoms with E-state index in [1.165, 1.54) is 71.5 Å². The zero-order valence-corrected chi connectivity index (χ0v) is 25.7. The van der Waals surface area contributed by atoms with Gasteiger partial charge in [-0.25, -0.2) is 0 Å². The molecule has 0 N–H and O–H groups in total. The molecule has 0 unspecified atom stereocenters. The van der Waals surface area contributed by atoms with Crippen LogP contribution in [0.4, 0.5) is 0 Å². The number of benzene rings is 7. The van der Waals surface area contributed by atoms with E-state index in [1.54, 1.807) is 0 Å². The Balaban J connectivity index is 1.20. The molecule has 2 heterocycles. The van der Waals surface area contributed by atoms with E-state index < -0.39 is 0 Å². The molecule has 0 amide bonds. The molecule has 0 radical (unpaired) electrons. The number of para-hydroxylation sites is 1. The third kappa shape index (κ3) is 4.79. The normalized spacial score (nSPS) is 11.4. The Morgan fingerprint density at radius 3 is 1.66 bits per heavy atom. The zero-order valence-electron chi connectivity index (χ0n) is 25.7. The number of pyridine rings is 1. The van der Waals surface area contributed by atoms with Crippen molar-refractivity contribution in [2.45, 2.75) is 0 Å². The molecule has 9 rings (SSSR count). The highest BCUT2D eigenvalue weighted by Gasteiger charge is 2.16. The molecular formula is C45H30N2. The highest BCUT2D eigenvalue weighted by atomic mass is 15.0. The fourth-order valence-corrected chi connectivity index (χ4v) is 6.94. The van der Waals surface area contributed by atoms with E-state index in [-0.39, 0.29) is 0 Å². The van der Waals surface area contributed by atoms with E-state index in [9.17, 15) is 0 Å². The standard InChI is InChI=1S/C45H30N2/c1-3-9-31(10-4-1)34-11-7-12-35(27-34)36-20-23-41-38(28-36)22-25-43-42-24-21-37(29-44(42)47(45(41)43)40-14-5-2-6-15-40)32-16-18-33(19-17-32)39-13-8-26-46-30-39/h1-30H. The number of hydrogen-bond donors (Lipinski definition) is 0. The van der Waals surface area contributed by atoms with E-state index in [0.29, 0.717) is 0 Å². The topological polar surface area (TPSA) is 17.8 Å². The molecule has 2 aromatic heterocycles. The molecule has 220 valence electrons. The van der Waals surface area contributed by atoms with Gasteiger partial charge in [0, 0.05) is 34.2 Å². The third-order valence-electron chi connectivity index (χ3n) is 9.27. The first-order valence-corrected chi connectivity index (χ1v) is 16.0. The average Bonchev–Trinajstić information content (AvgIpc) is 3.50. The summed E-state index contributed by atoms with van der Waals surface area (Å²) in [4.78, 5) is 4.29. The van der Waals surface area contributed by atoms with Gasteiger partial charge in [0.05, 0.1) is 11.0 Å². The van der Waals surface area contributed by atoms with Gasteiger partial charge in [0.25, 0.3) is 0 Å². The molecule has 0 bridgehead atoms. The summed E-state index contributed by atoms with van der Waals surface area (Å²) in [7, 11) is 0. The van der Waals surface area contributed by atoms with E-state index in [2.05, 4.69) is 173 Å². The number of nitrogens with zero attached hydrogens (tertiary/aromatic N) is 2. The quantitative estimate of drug-likeness (QED) is 0.193. The van der Waals surface area contributed by atoms with Crippen molar-refractivity contribution in [3.63, 3.8) is 0 Å². The lowest BCUT2D eigenvalue weighted by molar-refractivity contribution is 1.19. The third-order valence-corrected chi connectivity index (χ3v) is 9.27. The van der Waals surface area contributed by atoms with Crippen molar-refractivity contribution < 1.29 is 0 Å². The Labute approximate surface area is 273 Å². The van der Waals surface area contributed by atoms with Gasteiger partial charge in [0.15, 0.2) is 0 Å². The van der Waals surface area contributed by atoms with Gasteiger partial charge in [-0.1, -0.05) is 133 Å². The van der Waals surface area contributed by atoms with Crippen molar-refractivity contribution in [3.05, 3.63) is 182 Å². The van der Waals surface area contributed by atoms with Crippen molar-refractivity contribution in [2.24, 2.45) is 0 Å². The fourth-order valence-electron chi connectivity index (χ4n) is 6.94. The zero-order chi connectivity index (χ0) is 31.2. The average molecular weight is 599 g/mol. The van der Waals surface area contributed by atoms with Gasteiger partial charge in [-0.15, -0.1) is 0 Å². The molecule has 9 aromatic rings. The molecule has 0 fully saturated rings. The van der Waals surface area contributed by atoms with Crippen LogP contribution >= 0.6 is 0 Å². The van der Waals surface area contributed by atoms with Gasteiger partial charge < -0.3 is 4.57 Å². The molecule has 7 aromatic carbocycles. The minimum Gasteiger partial charge on any atom is -0.309 e. The lowest BCUT2D eigenvalue weighted by Gasteiger charge is -2.12. The van der Waals surface area contributed by atoms with Crippen molar-refractivity contribution in [2.75, 3.05) is 0 Å². The van der Waals surface area contributed by atoms with Crippen LogP contribution in [0.1, 0.15) is 0 Å². The van der Waals surface area contributed by atoms with Crippen LogP contribution in [0.25, 0.3) is 82.8 Å². The summed E-state index contributed by atoms with van der Waals surface area (Å²) in [5, 5.41) is 4.98. The van der Waals surface area contributed by atoms with E-state index >= 15 is 0 Å². The number of rotatable bonds is 5. The number of hydrogen-bond acceptors (Lipinski definition) is 1. The Morgan fingerprint density at radius 2 is 0.915 bits per heavy atom. The summed E-state index contributed by atoms with van der Waals surface area (Å²) in [6.07, 6.45) is 3.72. The smallest absolute Gasteiger partial charge is 0.0619 e. The van der Waals surface area contributed by atoms with Gasteiger partial charge in [-0.3, -0.25) is 4.98 Å². The lowest BCUT2D eigenvalue weighted by Crippen LogP contribution is -1.94.